The molecular formula is C11H15NO4. The lowest BCUT2D eigenvalue weighted by atomic mass is 10.2. The molecule has 0 aromatic heterocycles. The van der Waals surface area contributed by atoms with E-state index in [9.17, 15) is 9.59 Å². The minimum absolute atomic E-state index is 0.0128. The van der Waals surface area contributed by atoms with Crippen molar-refractivity contribution in [2.75, 3.05) is 13.1 Å². The molecule has 2 fully saturated rings. The summed E-state index contributed by atoms with van der Waals surface area (Å²) in [6.07, 6.45) is 3.71. The van der Waals surface area contributed by atoms with E-state index in [1.165, 1.54) is 13.8 Å². The van der Waals surface area contributed by atoms with Crippen molar-refractivity contribution in [3.8, 4) is 0 Å². The van der Waals surface area contributed by atoms with Crippen LogP contribution in [-0.2, 0) is 19.1 Å². The maximum atomic E-state index is 11.6. The van der Waals surface area contributed by atoms with E-state index in [-0.39, 0.29) is 5.57 Å². The first-order valence-electron chi connectivity index (χ1n) is 5.40. The molecule has 0 aliphatic carbocycles. The van der Waals surface area contributed by atoms with Gasteiger partial charge in [-0.2, -0.15) is 0 Å². The van der Waals surface area contributed by atoms with Gasteiger partial charge in [-0.1, -0.05) is 0 Å². The van der Waals surface area contributed by atoms with Crippen molar-refractivity contribution in [2.45, 2.75) is 32.5 Å². The van der Waals surface area contributed by atoms with Crippen LogP contribution in [0.2, 0.25) is 0 Å². The van der Waals surface area contributed by atoms with Gasteiger partial charge >= 0.3 is 11.9 Å². The number of hydrogen-bond acceptors (Lipinski definition) is 5. The Morgan fingerprint density at radius 2 is 1.62 bits per heavy atom. The Morgan fingerprint density at radius 1 is 1.12 bits per heavy atom. The van der Waals surface area contributed by atoms with E-state index >= 15 is 0 Å². The highest BCUT2D eigenvalue weighted by atomic mass is 16.7. The largest absolute Gasteiger partial charge is 0.419 e. The first kappa shape index (κ1) is 11.0. The fourth-order valence-electron chi connectivity index (χ4n) is 1.82. The summed E-state index contributed by atoms with van der Waals surface area (Å²) in [6.45, 7) is 4.81. The lowest BCUT2D eigenvalue weighted by Crippen LogP contribution is -2.42. The predicted molar refractivity (Wildman–Crippen MR) is 55.2 cm³/mol. The molecule has 0 aromatic carbocycles. The van der Waals surface area contributed by atoms with E-state index < -0.39 is 17.7 Å². The maximum absolute atomic E-state index is 11.6. The fourth-order valence-corrected chi connectivity index (χ4v) is 1.82. The summed E-state index contributed by atoms with van der Waals surface area (Å²) in [4.78, 5) is 25.1. The van der Waals surface area contributed by atoms with Gasteiger partial charge in [0, 0.05) is 33.1 Å². The molecule has 0 saturated carbocycles. The number of cyclic esters (lactones) is 2. The first-order valence-corrected chi connectivity index (χ1v) is 5.40. The van der Waals surface area contributed by atoms with Gasteiger partial charge in [0.05, 0.1) is 0 Å². The Labute approximate surface area is 94.0 Å². The molecule has 0 unspecified atom stereocenters. The zero-order chi connectivity index (χ0) is 11.8. The van der Waals surface area contributed by atoms with Crippen molar-refractivity contribution in [3.63, 3.8) is 0 Å². The molecule has 0 N–H and O–H groups in total. The summed E-state index contributed by atoms with van der Waals surface area (Å²) in [5.74, 6) is -2.36. The van der Waals surface area contributed by atoms with Gasteiger partial charge in [0.2, 0.25) is 0 Å². The molecule has 5 heteroatoms. The van der Waals surface area contributed by atoms with Crippen molar-refractivity contribution in [1.82, 2.24) is 4.90 Å². The third kappa shape index (κ3) is 2.18. The molecule has 2 aliphatic heterocycles. The van der Waals surface area contributed by atoms with Crippen LogP contribution in [0.25, 0.3) is 0 Å². The molecule has 0 spiro atoms. The van der Waals surface area contributed by atoms with Crippen LogP contribution in [0.5, 0.6) is 0 Å². The lowest BCUT2D eigenvalue weighted by molar-refractivity contribution is -0.222. The van der Waals surface area contributed by atoms with Gasteiger partial charge in [-0.05, 0) is 12.8 Å². The average Bonchev–Trinajstić information content (AvgIpc) is 2.62. The van der Waals surface area contributed by atoms with Crippen LogP contribution < -0.4 is 0 Å². The molecule has 0 amide bonds. The minimum Gasteiger partial charge on any atom is -0.419 e. The average molecular weight is 225 g/mol. The maximum Gasteiger partial charge on any atom is 0.350 e. The molecule has 88 valence electrons. The monoisotopic (exact) mass is 225 g/mol. The van der Waals surface area contributed by atoms with Gasteiger partial charge in [0.1, 0.15) is 0 Å². The van der Waals surface area contributed by atoms with Crippen LogP contribution in [0.4, 0.5) is 0 Å². The van der Waals surface area contributed by atoms with E-state index in [4.69, 9.17) is 9.47 Å². The van der Waals surface area contributed by atoms with E-state index in [1.807, 2.05) is 4.90 Å². The molecule has 16 heavy (non-hydrogen) atoms. The molecule has 0 atom stereocenters. The van der Waals surface area contributed by atoms with Gasteiger partial charge in [0.15, 0.2) is 5.57 Å². The van der Waals surface area contributed by atoms with E-state index in [2.05, 4.69) is 0 Å². The zero-order valence-electron chi connectivity index (χ0n) is 9.49. The standard InChI is InChI=1S/C11H15NO4/c1-11(2)15-9(13)8(10(14)16-11)7-12-5-3-4-6-12/h7H,3-6H2,1-2H3. The minimum atomic E-state index is -1.16. The summed E-state index contributed by atoms with van der Waals surface area (Å²) >= 11 is 0. The topological polar surface area (TPSA) is 55.8 Å². The third-order valence-electron chi connectivity index (χ3n) is 2.57. The van der Waals surface area contributed by atoms with Gasteiger partial charge < -0.3 is 14.4 Å². The molecule has 2 heterocycles. The normalized spacial score (nSPS) is 24.1. The van der Waals surface area contributed by atoms with E-state index in [0.717, 1.165) is 25.9 Å². The predicted octanol–water partition coefficient (Wildman–Crippen LogP) is 0.802. The van der Waals surface area contributed by atoms with Crippen molar-refractivity contribution in [2.24, 2.45) is 0 Å². The number of ether oxygens (including phenoxy) is 2. The molecule has 5 nitrogen and oxygen atoms in total. The Kier molecular flexibility index (Phi) is 2.61. The molecular weight excluding hydrogens is 210 g/mol. The van der Waals surface area contributed by atoms with Crippen LogP contribution >= 0.6 is 0 Å². The zero-order valence-corrected chi connectivity index (χ0v) is 9.49. The van der Waals surface area contributed by atoms with Gasteiger partial charge in [-0.3, -0.25) is 0 Å². The van der Waals surface area contributed by atoms with Crippen LogP contribution in [0.1, 0.15) is 26.7 Å². The number of nitrogens with zero attached hydrogens (tertiary/aromatic N) is 1. The van der Waals surface area contributed by atoms with Crippen LogP contribution in [-0.4, -0.2) is 35.7 Å². The summed E-state index contributed by atoms with van der Waals surface area (Å²) in [5, 5.41) is 0. The number of carbonyl (C=O) groups is 2. The highest BCUT2D eigenvalue weighted by Gasteiger charge is 2.39. The van der Waals surface area contributed by atoms with E-state index in [0.29, 0.717) is 0 Å². The van der Waals surface area contributed by atoms with Crippen LogP contribution in [0.3, 0.4) is 0 Å². The van der Waals surface area contributed by atoms with E-state index in [1.54, 1.807) is 6.20 Å². The summed E-state index contributed by atoms with van der Waals surface area (Å²) < 4.78 is 9.98. The summed E-state index contributed by atoms with van der Waals surface area (Å²) in [6, 6.07) is 0. The quantitative estimate of drug-likeness (QED) is 0.375. The van der Waals surface area contributed by atoms with Crippen molar-refractivity contribution in [3.05, 3.63) is 11.8 Å². The SMILES string of the molecule is CC1(C)OC(=O)C(=CN2CCCC2)C(=O)O1. The van der Waals surface area contributed by atoms with Gasteiger partial charge in [0.25, 0.3) is 5.79 Å². The van der Waals surface area contributed by atoms with Gasteiger partial charge in [-0.15, -0.1) is 0 Å². The number of hydrogen-bond donors (Lipinski definition) is 0. The molecule has 0 radical (unpaired) electrons. The van der Waals surface area contributed by atoms with Crippen LogP contribution in [0.15, 0.2) is 11.8 Å². The lowest BCUT2D eigenvalue weighted by Gasteiger charge is -2.30. The Bertz CT molecular complexity index is 331. The number of rotatable bonds is 1. The molecule has 2 saturated heterocycles. The highest BCUT2D eigenvalue weighted by Crippen LogP contribution is 2.23. The second kappa shape index (κ2) is 3.81. The number of likely N-dealkylation sites (tertiary alicyclic amines) is 1. The van der Waals surface area contributed by atoms with Crippen molar-refractivity contribution in [1.29, 1.82) is 0 Å². The first-order chi connectivity index (χ1) is 7.48. The highest BCUT2D eigenvalue weighted by molar-refractivity contribution is 6.15. The smallest absolute Gasteiger partial charge is 0.350 e. The Morgan fingerprint density at radius 3 is 2.12 bits per heavy atom. The summed E-state index contributed by atoms with van der Waals surface area (Å²) in [5.41, 5.74) is -0.0128. The Balaban J connectivity index is 2.15. The third-order valence-corrected chi connectivity index (χ3v) is 2.57. The molecule has 2 aliphatic rings. The van der Waals surface area contributed by atoms with Gasteiger partial charge in [-0.25, -0.2) is 9.59 Å². The number of carbonyl (C=O) groups excluding carboxylic acids is 2. The summed E-state index contributed by atoms with van der Waals surface area (Å²) in [7, 11) is 0. The van der Waals surface area contributed by atoms with Crippen LogP contribution in [0, 0.1) is 0 Å². The number of esters is 2. The second-order valence-corrected chi connectivity index (χ2v) is 4.46. The Hall–Kier alpha value is -1.52. The molecule has 0 bridgehead atoms. The fraction of sp³-hybridized carbons (Fsp3) is 0.636. The van der Waals surface area contributed by atoms with Crippen molar-refractivity contribution < 1.29 is 19.1 Å². The second-order valence-electron chi connectivity index (χ2n) is 4.46. The van der Waals surface area contributed by atoms with Crippen molar-refractivity contribution >= 4 is 11.9 Å². The molecule has 0 aromatic rings. The molecule has 2 rings (SSSR count).